The van der Waals surface area contributed by atoms with Crippen molar-refractivity contribution in [1.29, 1.82) is 0 Å². The van der Waals surface area contributed by atoms with Crippen molar-refractivity contribution in [3.63, 3.8) is 0 Å². The van der Waals surface area contributed by atoms with Gasteiger partial charge in [-0.1, -0.05) is 60.7 Å². The number of fused-ring (bicyclic) bond motifs is 3. The van der Waals surface area contributed by atoms with Crippen LogP contribution in [0.1, 0.15) is 101 Å². The summed E-state index contributed by atoms with van der Waals surface area (Å²) in [6.45, 7) is 0. The largest absolute Gasteiger partial charge is 0.296 e. The van der Waals surface area contributed by atoms with Gasteiger partial charge in [0.05, 0.1) is 34.8 Å². The summed E-state index contributed by atoms with van der Waals surface area (Å²) in [7, 11) is 0. The van der Waals surface area contributed by atoms with Gasteiger partial charge >= 0.3 is 0 Å². The molecule has 9 rings (SSSR count). The molecule has 57 heavy (non-hydrogen) atoms. The minimum Gasteiger partial charge on any atom is -0.296 e. The van der Waals surface area contributed by atoms with E-state index in [-0.39, 0.29) is 79.4 Å². The Morgan fingerprint density at radius 2 is 0.684 bits per heavy atom. The first-order valence-electron chi connectivity index (χ1n) is 18.1. The lowest BCUT2D eigenvalue weighted by Crippen LogP contribution is -2.54. The smallest absolute Gasteiger partial charge is 0.262 e. The first kappa shape index (κ1) is 38.2. The quantitative estimate of drug-likeness (QED) is 0.254. The highest BCUT2D eigenvalue weighted by Gasteiger charge is 2.49. The monoisotopic (exact) mass is 772 g/mol. The minimum atomic E-state index is -0.967. The van der Waals surface area contributed by atoms with Gasteiger partial charge in [-0.2, -0.15) is 0 Å². The summed E-state index contributed by atoms with van der Waals surface area (Å²) in [5.74, 6) is -8.30. The number of amides is 8. The molecule has 16 nitrogen and oxygen atoms in total. The third-order valence-corrected chi connectivity index (χ3v) is 10.8. The lowest BCUT2D eigenvalue weighted by Gasteiger charge is -2.27. The molecule has 3 aromatic rings. The number of piperidine rings is 3. The molecular weight excluding hydrogens is 740 g/mol. The van der Waals surface area contributed by atoms with E-state index < -0.39 is 59.2 Å². The molecule has 16 heteroatoms. The summed E-state index contributed by atoms with van der Waals surface area (Å²) in [5, 5.41) is 6.53. The third-order valence-electron chi connectivity index (χ3n) is 10.8. The Labute approximate surface area is 322 Å². The van der Waals surface area contributed by atoms with Gasteiger partial charge < -0.3 is 0 Å². The molecular formula is C41H32N4O12. The maximum Gasteiger partial charge on any atom is 0.262 e. The average Bonchev–Trinajstić information content (AvgIpc) is 3.71. The second kappa shape index (κ2) is 15.2. The molecule has 0 bridgehead atoms. The van der Waals surface area contributed by atoms with Gasteiger partial charge in [0, 0.05) is 41.5 Å². The Bertz CT molecular complexity index is 2020. The number of carbonyl (C=O) groups excluding carboxylic acids is 12. The minimum absolute atomic E-state index is 0.129. The number of benzene rings is 3. The van der Waals surface area contributed by atoms with Crippen molar-refractivity contribution in [1.82, 2.24) is 20.9 Å². The summed E-state index contributed by atoms with van der Waals surface area (Å²) in [6.07, 6.45) is 1.15. The van der Waals surface area contributed by atoms with Crippen LogP contribution in [-0.2, 0) is 28.8 Å². The topological polar surface area (TPSA) is 244 Å². The summed E-state index contributed by atoms with van der Waals surface area (Å²) >= 11 is 0. The standard InChI is InChI=1S/2C14H11NO4.C13H10N2O4/c2*16-10-6-5-9(14(19)15-10)11-12(17)7-3-1-2-4-8(7)13(11)18;16-10-6-5-9(11(17)14-10)15-12(18)7-3-1-2-4-8(7)13(15)19/h2*1-4,9,11H,5-6H2,(H,15,16,19);1-4,9H,5-6H2,(H,14,16,17). The van der Waals surface area contributed by atoms with Crippen LogP contribution in [0.25, 0.3) is 0 Å². The molecule has 0 spiro atoms. The predicted octanol–water partition coefficient (Wildman–Crippen LogP) is 1.56. The molecule has 8 amide bonds. The van der Waals surface area contributed by atoms with Crippen molar-refractivity contribution in [2.45, 2.75) is 44.6 Å². The normalized spacial score (nSPS) is 23.2. The van der Waals surface area contributed by atoms with Crippen molar-refractivity contribution in [3.8, 4) is 0 Å². The van der Waals surface area contributed by atoms with Crippen molar-refractivity contribution >= 4 is 70.4 Å². The lowest BCUT2D eigenvalue weighted by atomic mass is 9.82. The van der Waals surface area contributed by atoms with Gasteiger partial charge in [0.15, 0.2) is 23.1 Å². The molecule has 0 saturated carbocycles. The Morgan fingerprint density at radius 1 is 0.386 bits per heavy atom. The zero-order valence-electron chi connectivity index (χ0n) is 29.9. The van der Waals surface area contributed by atoms with Gasteiger partial charge in [-0.3, -0.25) is 78.4 Å². The zero-order chi connectivity index (χ0) is 40.7. The van der Waals surface area contributed by atoms with Crippen molar-refractivity contribution in [2.75, 3.05) is 0 Å². The molecule has 3 aromatic carbocycles. The number of carbonyl (C=O) groups is 12. The van der Waals surface area contributed by atoms with Crippen LogP contribution in [0.2, 0.25) is 0 Å². The predicted molar refractivity (Wildman–Crippen MR) is 192 cm³/mol. The fraction of sp³-hybridized carbons (Fsp3) is 0.268. The van der Waals surface area contributed by atoms with E-state index in [1.54, 1.807) is 72.8 Å². The van der Waals surface area contributed by atoms with Gasteiger partial charge in [0.25, 0.3) is 11.8 Å². The second-order valence-electron chi connectivity index (χ2n) is 14.1. The molecule has 2 aliphatic carbocycles. The summed E-state index contributed by atoms with van der Waals surface area (Å²) in [4.78, 5) is 143. The van der Waals surface area contributed by atoms with Crippen molar-refractivity contribution in [3.05, 3.63) is 106 Å². The molecule has 0 aromatic heterocycles. The maximum atomic E-state index is 12.2. The number of Topliss-reactive ketones (excluding diaryl/α,β-unsaturated/α-hetero) is 4. The van der Waals surface area contributed by atoms with Crippen LogP contribution in [-0.4, -0.2) is 81.3 Å². The van der Waals surface area contributed by atoms with Gasteiger partial charge in [-0.05, 0) is 31.4 Å². The van der Waals surface area contributed by atoms with Crippen LogP contribution in [0.5, 0.6) is 0 Å². The van der Waals surface area contributed by atoms with E-state index in [0.717, 1.165) is 4.90 Å². The number of imide groups is 4. The van der Waals surface area contributed by atoms with E-state index in [4.69, 9.17) is 0 Å². The van der Waals surface area contributed by atoms with Gasteiger partial charge in [-0.15, -0.1) is 0 Å². The summed E-state index contributed by atoms with van der Waals surface area (Å²) < 4.78 is 0. The molecule has 3 N–H and O–H groups in total. The van der Waals surface area contributed by atoms with E-state index in [0.29, 0.717) is 33.4 Å². The molecule has 3 saturated heterocycles. The lowest BCUT2D eigenvalue weighted by molar-refractivity contribution is -0.138. The molecule has 6 aliphatic rings. The van der Waals surface area contributed by atoms with Gasteiger partial charge in [0.1, 0.15) is 6.04 Å². The first-order chi connectivity index (χ1) is 27.3. The molecule has 4 heterocycles. The zero-order valence-corrected chi connectivity index (χ0v) is 29.9. The van der Waals surface area contributed by atoms with E-state index in [1.165, 1.54) is 0 Å². The fourth-order valence-electron chi connectivity index (χ4n) is 7.94. The highest BCUT2D eigenvalue weighted by Crippen LogP contribution is 2.36. The number of rotatable bonds is 3. The van der Waals surface area contributed by atoms with Crippen LogP contribution >= 0.6 is 0 Å². The molecule has 3 unspecified atom stereocenters. The van der Waals surface area contributed by atoms with Crippen molar-refractivity contribution in [2.24, 2.45) is 23.7 Å². The molecule has 288 valence electrons. The van der Waals surface area contributed by atoms with E-state index >= 15 is 0 Å². The van der Waals surface area contributed by atoms with Crippen molar-refractivity contribution < 1.29 is 57.5 Å². The van der Waals surface area contributed by atoms with Crippen LogP contribution in [0.15, 0.2) is 72.8 Å². The SMILES string of the molecule is O=C1CCC(C2C(=O)c3ccccc3C2=O)C(=O)N1.O=C1CCC(C2C(=O)c3ccccc3C2=O)C(=O)N1.O=C1CCC(N2C(=O)c3ccccc3C2=O)C(=O)N1. The highest BCUT2D eigenvalue weighted by atomic mass is 16.2. The molecule has 4 aliphatic heterocycles. The van der Waals surface area contributed by atoms with Gasteiger partial charge in [0.2, 0.25) is 35.4 Å². The Kier molecular flexibility index (Phi) is 10.2. The summed E-state index contributed by atoms with van der Waals surface area (Å²) in [5.41, 5.74) is 2.11. The van der Waals surface area contributed by atoms with E-state index in [9.17, 15) is 57.5 Å². The molecule has 3 atom stereocenters. The van der Waals surface area contributed by atoms with Crippen LogP contribution in [0.4, 0.5) is 0 Å². The number of nitrogens with zero attached hydrogens (tertiary/aromatic N) is 1. The van der Waals surface area contributed by atoms with Crippen LogP contribution < -0.4 is 16.0 Å². The second-order valence-corrected chi connectivity index (χ2v) is 14.1. The third kappa shape index (κ3) is 6.89. The van der Waals surface area contributed by atoms with Gasteiger partial charge in [-0.25, -0.2) is 0 Å². The molecule has 3 fully saturated rings. The number of ketones is 4. The maximum absolute atomic E-state index is 12.2. The average molecular weight is 773 g/mol. The first-order valence-corrected chi connectivity index (χ1v) is 18.1. The number of hydrogen-bond acceptors (Lipinski definition) is 12. The Hall–Kier alpha value is -7.10. The number of nitrogens with one attached hydrogen (secondary N) is 3. The van der Waals surface area contributed by atoms with Crippen LogP contribution in [0.3, 0.4) is 0 Å². The Balaban J connectivity index is 0.000000131. The Morgan fingerprint density at radius 3 is 1.00 bits per heavy atom. The van der Waals surface area contributed by atoms with E-state index in [1.807, 2.05) is 0 Å². The van der Waals surface area contributed by atoms with Crippen LogP contribution in [0, 0.1) is 23.7 Å². The summed E-state index contributed by atoms with van der Waals surface area (Å²) in [6, 6.07) is 18.7. The number of hydrogen-bond donors (Lipinski definition) is 3. The fourth-order valence-corrected chi connectivity index (χ4v) is 7.94. The highest BCUT2D eigenvalue weighted by molar-refractivity contribution is 6.29. The van der Waals surface area contributed by atoms with E-state index in [2.05, 4.69) is 16.0 Å². The molecule has 0 radical (unpaired) electrons.